The van der Waals surface area contributed by atoms with Gasteiger partial charge in [-0.25, -0.2) is 0 Å². The third-order valence-electron chi connectivity index (χ3n) is 7.60. The van der Waals surface area contributed by atoms with Crippen molar-refractivity contribution in [3.05, 3.63) is 24.3 Å². The Balaban J connectivity index is 3.17. The van der Waals surface area contributed by atoms with Gasteiger partial charge >= 0.3 is 0 Å². The number of rotatable bonds is 30. The summed E-state index contributed by atoms with van der Waals surface area (Å²) in [5, 5.41) is 9.32. The molecule has 0 aromatic rings. The maximum absolute atomic E-state index is 9.32. The summed E-state index contributed by atoms with van der Waals surface area (Å²) in [6.45, 7) is 2.30. The molecule has 216 valence electrons. The SMILES string of the molecule is C#CC(O)CCCCCCCCCCCC=CCCC=CCCCCCCCCCCCCCCCC. The molecule has 1 nitrogen and oxygen atoms in total. The van der Waals surface area contributed by atoms with Gasteiger partial charge in [0.1, 0.15) is 6.10 Å². The van der Waals surface area contributed by atoms with Crippen LogP contribution in [-0.2, 0) is 0 Å². The van der Waals surface area contributed by atoms with Crippen molar-refractivity contribution in [3.8, 4) is 12.3 Å². The highest BCUT2D eigenvalue weighted by Crippen LogP contribution is 2.14. The van der Waals surface area contributed by atoms with Crippen LogP contribution in [-0.4, -0.2) is 11.2 Å². The third-order valence-corrected chi connectivity index (χ3v) is 7.60. The minimum absolute atomic E-state index is 0.533. The molecule has 0 saturated carbocycles. The number of unbranched alkanes of at least 4 members (excludes halogenated alkanes) is 24. The van der Waals surface area contributed by atoms with Crippen LogP contribution >= 0.6 is 0 Å². The summed E-state index contributed by atoms with van der Waals surface area (Å²) in [5.74, 6) is 2.39. The Morgan fingerprint density at radius 2 is 0.757 bits per heavy atom. The van der Waals surface area contributed by atoms with Crippen molar-refractivity contribution >= 4 is 0 Å². The average molecular weight is 515 g/mol. The Bertz CT molecular complexity index is 511. The van der Waals surface area contributed by atoms with Gasteiger partial charge in [-0.3, -0.25) is 0 Å². The highest BCUT2D eigenvalue weighted by Gasteiger charge is 1.98. The maximum atomic E-state index is 9.32. The summed E-state index contributed by atoms with van der Waals surface area (Å²) in [6, 6.07) is 0. The molecule has 1 heteroatoms. The van der Waals surface area contributed by atoms with Crippen LogP contribution in [0.2, 0.25) is 0 Å². The molecule has 0 aromatic heterocycles. The first-order valence-corrected chi connectivity index (χ1v) is 16.8. The Morgan fingerprint density at radius 3 is 1.11 bits per heavy atom. The molecule has 0 bridgehead atoms. The second kappa shape index (κ2) is 33.0. The van der Waals surface area contributed by atoms with Crippen LogP contribution in [0.5, 0.6) is 0 Å². The molecular formula is C36H66O. The molecule has 0 rings (SSSR count). The zero-order chi connectivity index (χ0) is 26.9. The molecule has 0 saturated heterocycles. The number of aliphatic hydroxyl groups is 1. The summed E-state index contributed by atoms with van der Waals surface area (Å²) in [6.07, 6.45) is 51.8. The van der Waals surface area contributed by atoms with Gasteiger partial charge < -0.3 is 5.11 Å². The van der Waals surface area contributed by atoms with E-state index in [-0.39, 0.29) is 0 Å². The molecule has 1 N–H and O–H groups in total. The fourth-order valence-electron chi connectivity index (χ4n) is 5.04. The summed E-state index contributed by atoms with van der Waals surface area (Å²) >= 11 is 0. The zero-order valence-corrected chi connectivity index (χ0v) is 25.2. The maximum Gasteiger partial charge on any atom is 0.114 e. The summed E-state index contributed by atoms with van der Waals surface area (Å²) in [5.41, 5.74) is 0. The number of terminal acetylenes is 1. The van der Waals surface area contributed by atoms with Crippen molar-refractivity contribution in [3.63, 3.8) is 0 Å². The van der Waals surface area contributed by atoms with E-state index in [0.717, 1.165) is 12.8 Å². The van der Waals surface area contributed by atoms with E-state index in [4.69, 9.17) is 6.42 Å². The molecule has 0 radical (unpaired) electrons. The Labute approximate surface area is 234 Å². The quantitative estimate of drug-likeness (QED) is 0.0574. The van der Waals surface area contributed by atoms with Crippen molar-refractivity contribution in [2.75, 3.05) is 0 Å². The van der Waals surface area contributed by atoms with Gasteiger partial charge in [-0.05, 0) is 51.4 Å². The minimum Gasteiger partial charge on any atom is -0.380 e. The van der Waals surface area contributed by atoms with Crippen molar-refractivity contribution in [2.45, 2.75) is 193 Å². The molecule has 0 spiro atoms. The van der Waals surface area contributed by atoms with Crippen LogP contribution in [0.1, 0.15) is 187 Å². The molecular weight excluding hydrogens is 448 g/mol. The zero-order valence-electron chi connectivity index (χ0n) is 25.2. The van der Waals surface area contributed by atoms with Crippen molar-refractivity contribution in [2.24, 2.45) is 0 Å². The fraction of sp³-hybridized carbons (Fsp3) is 0.833. The number of allylic oxidation sites excluding steroid dienone is 4. The lowest BCUT2D eigenvalue weighted by molar-refractivity contribution is 0.217. The summed E-state index contributed by atoms with van der Waals surface area (Å²) < 4.78 is 0. The normalized spacial score (nSPS) is 12.6. The second-order valence-corrected chi connectivity index (χ2v) is 11.3. The van der Waals surface area contributed by atoms with Crippen LogP contribution in [0, 0.1) is 12.3 Å². The first-order valence-electron chi connectivity index (χ1n) is 16.8. The topological polar surface area (TPSA) is 20.2 Å². The first kappa shape index (κ1) is 36.0. The standard InChI is InChI=1S/C36H66O/c1-3-5-6-7-8-9-10-11-12-13-14-15-16-17-18-19-20-21-22-23-24-25-26-27-28-29-30-31-32-33-34-35-36(37)4-2/h2,19-20,23-24,36-37H,3,5-18,21-22,25-35H2,1H3. The number of hydrogen-bond donors (Lipinski definition) is 1. The van der Waals surface area contributed by atoms with Gasteiger partial charge in [0.15, 0.2) is 0 Å². The smallest absolute Gasteiger partial charge is 0.114 e. The van der Waals surface area contributed by atoms with Crippen molar-refractivity contribution in [1.29, 1.82) is 0 Å². The highest BCUT2D eigenvalue weighted by atomic mass is 16.3. The molecule has 37 heavy (non-hydrogen) atoms. The summed E-state index contributed by atoms with van der Waals surface area (Å²) in [7, 11) is 0. The van der Waals surface area contributed by atoms with Crippen molar-refractivity contribution in [1.82, 2.24) is 0 Å². The Kier molecular flexibility index (Phi) is 32.1. The number of aliphatic hydroxyl groups excluding tert-OH is 1. The largest absolute Gasteiger partial charge is 0.380 e. The molecule has 0 aromatic carbocycles. The summed E-state index contributed by atoms with van der Waals surface area (Å²) in [4.78, 5) is 0. The van der Waals surface area contributed by atoms with E-state index in [9.17, 15) is 5.11 Å². The Morgan fingerprint density at radius 1 is 0.459 bits per heavy atom. The molecule has 0 aliphatic carbocycles. The second-order valence-electron chi connectivity index (χ2n) is 11.3. The van der Waals surface area contributed by atoms with E-state index < -0.39 is 6.10 Å². The van der Waals surface area contributed by atoms with Gasteiger partial charge in [0.05, 0.1) is 0 Å². The Hall–Kier alpha value is -1.00. The van der Waals surface area contributed by atoms with Crippen molar-refractivity contribution < 1.29 is 5.11 Å². The average Bonchev–Trinajstić information content (AvgIpc) is 2.91. The minimum atomic E-state index is -0.533. The predicted octanol–water partition coefficient (Wildman–Crippen LogP) is 12.0. The molecule has 0 heterocycles. The van der Waals surface area contributed by atoms with Gasteiger partial charge in [0, 0.05) is 0 Å². The lowest BCUT2D eigenvalue weighted by Gasteiger charge is -2.03. The van der Waals surface area contributed by atoms with E-state index in [1.54, 1.807) is 0 Å². The lowest BCUT2D eigenvalue weighted by atomic mass is 10.0. The monoisotopic (exact) mass is 515 g/mol. The van der Waals surface area contributed by atoms with E-state index in [2.05, 4.69) is 37.1 Å². The van der Waals surface area contributed by atoms with E-state index in [0.29, 0.717) is 0 Å². The molecule has 0 fully saturated rings. The van der Waals surface area contributed by atoms with Crippen LogP contribution < -0.4 is 0 Å². The molecule has 1 unspecified atom stereocenters. The van der Waals surface area contributed by atoms with Crippen LogP contribution in [0.25, 0.3) is 0 Å². The first-order chi connectivity index (χ1) is 18.3. The van der Waals surface area contributed by atoms with Crippen LogP contribution in [0.3, 0.4) is 0 Å². The predicted molar refractivity (Wildman–Crippen MR) is 168 cm³/mol. The van der Waals surface area contributed by atoms with Crippen LogP contribution in [0.4, 0.5) is 0 Å². The fourth-order valence-corrected chi connectivity index (χ4v) is 5.04. The third kappa shape index (κ3) is 33.0. The molecule has 0 amide bonds. The van der Waals surface area contributed by atoms with Crippen LogP contribution in [0.15, 0.2) is 24.3 Å². The molecule has 1 atom stereocenters. The van der Waals surface area contributed by atoms with E-state index in [1.165, 1.54) is 167 Å². The van der Waals surface area contributed by atoms with E-state index >= 15 is 0 Å². The van der Waals surface area contributed by atoms with Gasteiger partial charge in [-0.1, -0.05) is 166 Å². The molecule has 0 aliphatic heterocycles. The molecule has 0 aliphatic rings. The van der Waals surface area contributed by atoms with E-state index in [1.807, 2.05) is 0 Å². The highest BCUT2D eigenvalue weighted by molar-refractivity contribution is 4.92. The van der Waals surface area contributed by atoms with Gasteiger partial charge in [0.25, 0.3) is 0 Å². The lowest BCUT2D eigenvalue weighted by Crippen LogP contribution is -2.01. The van der Waals surface area contributed by atoms with Gasteiger partial charge in [-0.15, -0.1) is 6.42 Å². The van der Waals surface area contributed by atoms with Gasteiger partial charge in [0.2, 0.25) is 0 Å². The number of hydrogen-bond acceptors (Lipinski definition) is 1. The van der Waals surface area contributed by atoms with Gasteiger partial charge in [-0.2, -0.15) is 0 Å².